The fraction of sp³-hybridized carbons (Fsp3) is 0.529. The lowest BCUT2D eigenvalue weighted by molar-refractivity contribution is -0.135. The predicted molar refractivity (Wildman–Crippen MR) is 308 cm³/mol. The smallest absolute Gasteiger partial charge is 0.260 e. The van der Waals surface area contributed by atoms with Crippen LogP contribution in [0.1, 0.15) is 77.0 Å². The summed E-state index contributed by atoms with van der Waals surface area (Å²) in [7, 11) is 0. The van der Waals surface area contributed by atoms with E-state index in [1.54, 1.807) is 69.3 Å². The van der Waals surface area contributed by atoms with Crippen molar-refractivity contribution in [3.05, 3.63) is 84.7 Å². The molecule has 0 atom stereocenters. The van der Waals surface area contributed by atoms with Crippen LogP contribution in [0.3, 0.4) is 0 Å². The average Bonchev–Trinajstić information content (AvgIpc) is 3.39. The SMILES string of the molecule is O=C(CCCS)NC1CCN(C(=O)COc2ccc(Cl)cc2Cl)CC1.O=C(CCCS)NC1CCN(C(=O)COc2ccc(Cl)cc2Cl)CC1.O=C(CCCS)NC1CCN(C(=O)COc2ccc(Cl)cc2Cl)CC1. The zero-order chi connectivity index (χ0) is 54.7. The van der Waals surface area contributed by atoms with Gasteiger partial charge in [-0.1, -0.05) is 69.6 Å². The molecule has 0 aliphatic carbocycles. The van der Waals surface area contributed by atoms with Crippen LogP contribution in [-0.4, -0.2) is 145 Å². The molecule has 0 radical (unpaired) electrons. The average molecular weight is 1220 g/mol. The van der Waals surface area contributed by atoms with Crippen molar-refractivity contribution in [3.63, 3.8) is 0 Å². The molecule has 3 N–H and O–H groups in total. The number of hydrogen-bond acceptors (Lipinski definition) is 12. The number of nitrogens with one attached hydrogen (secondary N) is 3. The third-order valence-corrected chi connectivity index (χ3v) is 14.6. The van der Waals surface area contributed by atoms with E-state index in [1.165, 1.54) is 0 Å². The summed E-state index contributed by atoms with van der Waals surface area (Å²) >= 11 is 47.9. The summed E-state index contributed by atoms with van der Waals surface area (Å²) in [5.74, 6) is 3.32. The van der Waals surface area contributed by atoms with Crippen molar-refractivity contribution in [1.82, 2.24) is 30.7 Å². The molecule has 3 saturated heterocycles. The minimum Gasteiger partial charge on any atom is -0.482 e. The van der Waals surface area contributed by atoms with Crippen molar-refractivity contribution < 1.29 is 43.0 Å². The molecular formula is C51H66Cl6N6O9S3. The Kier molecular flexibility index (Phi) is 30.2. The number of carbonyl (C=O) groups excluding carboxylic acids is 6. The van der Waals surface area contributed by atoms with E-state index in [9.17, 15) is 28.8 Å². The lowest BCUT2D eigenvalue weighted by Crippen LogP contribution is -2.47. The quantitative estimate of drug-likeness (QED) is 0.0568. The van der Waals surface area contributed by atoms with Crippen LogP contribution < -0.4 is 30.2 Å². The van der Waals surface area contributed by atoms with Gasteiger partial charge in [-0.15, -0.1) is 0 Å². The van der Waals surface area contributed by atoms with E-state index in [4.69, 9.17) is 83.8 Å². The molecule has 3 aromatic carbocycles. The Morgan fingerprint density at radius 2 is 0.667 bits per heavy atom. The fourth-order valence-corrected chi connectivity index (χ4v) is 9.77. The van der Waals surface area contributed by atoms with Gasteiger partial charge in [0.1, 0.15) is 17.2 Å². The van der Waals surface area contributed by atoms with Gasteiger partial charge in [-0.05, 0) is 130 Å². The van der Waals surface area contributed by atoms with Gasteiger partial charge in [-0.3, -0.25) is 28.8 Å². The van der Waals surface area contributed by atoms with E-state index >= 15 is 0 Å². The molecule has 3 aromatic rings. The van der Waals surface area contributed by atoms with Gasteiger partial charge in [0, 0.05) is 91.7 Å². The minimum absolute atomic E-state index is 0.0551. The van der Waals surface area contributed by atoms with E-state index < -0.39 is 0 Å². The first-order valence-corrected chi connectivity index (χ1v) is 28.9. The predicted octanol–water partition coefficient (Wildman–Crippen LogP) is 9.57. The van der Waals surface area contributed by atoms with Gasteiger partial charge < -0.3 is 44.9 Å². The van der Waals surface area contributed by atoms with E-state index in [-0.39, 0.29) is 73.4 Å². The number of rotatable bonds is 21. The number of benzene rings is 3. The van der Waals surface area contributed by atoms with Crippen LogP contribution in [0.4, 0.5) is 0 Å². The summed E-state index contributed by atoms with van der Waals surface area (Å²) in [5.41, 5.74) is 0. The zero-order valence-corrected chi connectivity index (χ0v) is 48.7. The van der Waals surface area contributed by atoms with Crippen LogP contribution in [-0.2, 0) is 28.8 Å². The lowest BCUT2D eigenvalue weighted by atomic mass is 10.0. The van der Waals surface area contributed by atoms with E-state index in [1.807, 2.05) is 0 Å². The van der Waals surface area contributed by atoms with Crippen molar-refractivity contribution in [2.24, 2.45) is 0 Å². The standard InChI is InChI=1S/3C17H22Cl2N2O3S/c3*18-12-3-4-15(14(19)10-12)24-11-17(23)21-7-5-13(6-8-21)20-16(22)2-1-9-25/h3*3-4,10,13,25H,1-2,5-9,11H2,(H,20,22). The molecule has 75 heavy (non-hydrogen) atoms. The molecule has 3 fully saturated rings. The van der Waals surface area contributed by atoms with Crippen LogP contribution in [0.5, 0.6) is 17.2 Å². The highest BCUT2D eigenvalue weighted by molar-refractivity contribution is 7.80. The van der Waals surface area contributed by atoms with Crippen LogP contribution in [0.2, 0.25) is 30.1 Å². The molecule has 0 bridgehead atoms. The number of amides is 6. The number of hydrogen-bond donors (Lipinski definition) is 6. The van der Waals surface area contributed by atoms with Crippen LogP contribution in [0, 0.1) is 0 Å². The number of piperidine rings is 3. The largest absolute Gasteiger partial charge is 0.482 e. The fourth-order valence-electron chi connectivity index (χ4n) is 7.91. The normalized spacial score (nSPS) is 15.1. The molecule has 3 heterocycles. The van der Waals surface area contributed by atoms with E-state index in [0.717, 1.165) is 57.8 Å². The Bertz CT molecular complexity index is 2070. The van der Waals surface area contributed by atoms with Crippen molar-refractivity contribution in [3.8, 4) is 17.2 Å². The maximum absolute atomic E-state index is 12.3. The highest BCUT2D eigenvalue weighted by Gasteiger charge is 2.27. The number of likely N-dealkylation sites (tertiary alicyclic amines) is 3. The Balaban J connectivity index is 0.000000243. The van der Waals surface area contributed by atoms with Crippen LogP contribution >= 0.6 is 107 Å². The van der Waals surface area contributed by atoms with Gasteiger partial charge in [0.2, 0.25) is 17.7 Å². The molecule has 15 nitrogen and oxygen atoms in total. The molecule has 0 saturated carbocycles. The zero-order valence-electron chi connectivity index (χ0n) is 41.5. The van der Waals surface area contributed by atoms with Gasteiger partial charge >= 0.3 is 0 Å². The second-order valence-corrected chi connectivity index (χ2v) is 21.6. The third-order valence-electron chi connectivity index (χ3n) is 12.1. The summed E-state index contributed by atoms with van der Waals surface area (Å²) in [6.45, 7) is 3.42. The van der Waals surface area contributed by atoms with Gasteiger partial charge in [-0.2, -0.15) is 37.9 Å². The van der Waals surface area contributed by atoms with Crippen LogP contribution in [0.25, 0.3) is 0 Å². The molecule has 0 unspecified atom stereocenters. The Hall–Kier alpha value is -3.33. The summed E-state index contributed by atoms with van der Waals surface area (Å²) < 4.78 is 16.5. The van der Waals surface area contributed by atoms with Gasteiger partial charge in [0.05, 0.1) is 15.1 Å². The Morgan fingerprint density at radius 1 is 0.427 bits per heavy atom. The van der Waals surface area contributed by atoms with Crippen molar-refractivity contribution in [1.29, 1.82) is 0 Å². The molecular weight excluding hydrogens is 1150 g/mol. The second kappa shape index (κ2) is 35.2. The van der Waals surface area contributed by atoms with Gasteiger partial charge in [-0.25, -0.2) is 0 Å². The van der Waals surface area contributed by atoms with Crippen molar-refractivity contribution in [2.75, 3.05) is 76.3 Å². The topological polar surface area (TPSA) is 176 Å². The lowest BCUT2D eigenvalue weighted by Gasteiger charge is -2.32. The van der Waals surface area contributed by atoms with Crippen LogP contribution in [0.15, 0.2) is 54.6 Å². The first-order chi connectivity index (χ1) is 36.0. The summed E-state index contributed by atoms with van der Waals surface area (Å²) in [4.78, 5) is 77.2. The molecule has 3 aliphatic rings. The molecule has 6 amide bonds. The molecule has 0 spiro atoms. The number of halogens is 6. The summed E-state index contributed by atoms with van der Waals surface area (Å²) in [6.07, 6.45) is 8.32. The summed E-state index contributed by atoms with van der Waals surface area (Å²) in [5, 5.41) is 11.7. The Labute approximate surface area is 486 Å². The maximum Gasteiger partial charge on any atom is 0.260 e. The molecule has 24 heteroatoms. The molecule has 0 aromatic heterocycles. The first-order valence-electron chi connectivity index (χ1n) is 24.8. The molecule has 414 valence electrons. The monoisotopic (exact) mass is 1210 g/mol. The molecule has 3 aliphatic heterocycles. The number of nitrogens with zero attached hydrogens (tertiary/aromatic N) is 3. The van der Waals surface area contributed by atoms with Crippen molar-refractivity contribution >= 4 is 143 Å². The molecule has 6 rings (SSSR count). The number of carbonyl (C=O) groups is 6. The van der Waals surface area contributed by atoms with E-state index in [0.29, 0.717) is 123 Å². The highest BCUT2D eigenvalue weighted by atomic mass is 35.5. The van der Waals surface area contributed by atoms with E-state index in [2.05, 4.69) is 53.8 Å². The summed E-state index contributed by atoms with van der Waals surface area (Å²) in [6, 6.07) is 15.0. The van der Waals surface area contributed by atoms with Gasteiger partial charge in [0.15, 0.2) is 19.8 Å². The minimum atomic E-state index is -0.0918. The third kappa shape index (κ3) is 24.5. The second-order valence-electron chi connectivity index (χ2n) is 17.7. The first kappa shape index (κ1) is 64.2. The Morgan fingerprint density at radius 3 is 0.880 bits per heavy atom. The maximum atomic E-state index is 12.3. The number of ether oxygens (including phenoxy) is 3. The highest BCUT2D eigenvalue weighted by Crippen LogP contribution is 2.30. The number of thiol groups is 3. The van der Waals surface area contributed by atoms with Gasteiger partial charge in [0.25, 0.3) is 17.7 Å². The van der Waals surface area contributed by atoms with Crippen molar-refractivity contribution in [2.45, 2.75) is 95.2 Å².